The van der Waals surface area contributed by atoms with Crippen LogP contribution in [0.1, 0.15) is 0 Å². The fourth-order valence-electron chi connectivity index (χ4n) is 0.972. The van der Waals surface area contributed by atoms with E-state index in [0.29, 0.717) is 23.9 Å². The molecule has 0 aromatic heterocycles. The Balaban J connectivity index is 2.23. The molecule has 0 radical (unpaired) electrons. The van der Waals surface area contributed by atoms with Crippen LogP contribution >= 0.6 is 11.6 Å². The van der Waals surface area contributed by atoms with E-state index < -0.39 is 12.5 Å². The van der Waals surface area contributed by atoms with Gasteiger partial charge in [0.15, 0.2) is 0 Å². The Kier molecular flexibility index (Phi) is 4.93. The molecule has 0 atom stereocenters. The van der Waals surface area contributed by atoms with Gasteiger partial charge in [0.1, 0.15) is 19.0 Å². The fourth-order valence-corrected chi connectivity index (χ4v) is 1.15. The smallest absolute Gasteiger partial charge is 0.245 e. The van der Waals surface area contributed by atoms with E-state index in [9.17, 15) is 4.79 Å². The molecule has 0 saturated heterocycles. The van der Waals surface area contributed by atoms with Crippen molar-refractivity contribution in [3.05, 3.63) is 29.3 Å². The highest BCUT2D eigenvalue weighted by Gasteiger charge is 1.97. The molecule has 0 unspecified atom stereocenters. The molecular formula is C10H12ClNO3. The minimum atomic E-state index is -0.503. The van der Waals surface area contributed by atoms with E-state index in [1.165, 1.54) is 0 Å². The van der Waals surface area contributed by atoms with Crippen molar-refractivity contribution in [3.8, 4) is 5.75 Å². The molecule has 1 aromatic rings. The van der Waals surface area contributed by atoms with E-state index in [2.05, 4.69) is 5.32 Å². The summed E-state index contributed by atoms with van der Waals surface area (Å²) in [6.45, 7) is 0.190. The molecule has 0 saturated carbocycles. The number of aliphatic hydroxyl groups excluding tert-OH is 1. The second-order valence-corrected chi connectivity index (χ2v) is 3.25. The first-order valence-electron chi connectivity index (χ1n) is 4.48. The van der Waals surface area contributed by atoms with E-state index in [4.69, 9.17) is 21.4 Å². The predicted molar refractivity (Wildman–Crippen MR) is 57.0 cm³/mol. The average molecular weight is 230 g/mol. The largest absolute Gasteiger partial charge is 0.492 e. The second kappa shape index (κ2) is 6.27. The SMILES string of the molecule is O=C(CO)NCCOc1cccc(Cl)c1. The minimum Gasteiger partial charge on any atom is -0.492 e. The number of hydrogen-bond acceptors (Lipinski definition) is 3. The van der Waals surface area contributed by atoms with Crippen molar-refractivity contribution in [1.29, 1.82) is 0 Å². The third-order valence-corrected chi connectivity index (χ3v) is 1.87. The predicted octanol–water partition coefficient (Wildman–Crippen LogP) is 0.827. The van der Waals surface area contributed by atoms with Gasteiger partial charge < -0.3 is 15.2 Å². The number of rotatable bonds is 5. The number of aliphatic hydroxyl groups is 1. The minimum absolute atomic E-state index is 0.339. The van der Waals surface area contributed by atoms with Crippen LogP contribution in [0.2, 0.25) is 5.02 Å². The van der Waals surface area contributed by atoms with Crippen molar-refractivity contribution in [2.75, 3.05) is 19.8 Å². The summed E-state index contributed by atoms with van der Waals surface area (Å²) in [5.74, 6) is 0.241. The van der Waals surface area contributed by atoms with Gasteiger partial charge in [0.05, 0.1) is 6.54 Å². The first-order valence-corrected chi connectivity index (χ1v) is 4.86. The van der Waals surface area contributed by atoms with Crippen LogP contribution in [0.5, 0.6) is 5.75 Å². The fraction of sp³-hybridized carbons (Fsp3) is 0.300. The molecule has 1 rings (SSSR count). The first-order chi connectivity index (χ1) is 7.22. The third kappa shape index (κ3) is 4.67. The number of carbonyl (C=O) groups is 1. The van der Waals surface area contributed by atoms with Gasteiger partial charge in [0.25, 0.3) is 0 Å². The molecule has 0 spiro atoms. The lowest BCUT2D eigenvalue weighted by atomic mass is 10.3. The van der Waals surface area contributed by atoms with Gasteiger partial charge >= 0.3 is 0 Å². The van der Waals surface area contributed by atoms with Gasteiger partial charge in [-0.1, -0.05) is 17.7 Å². The summed E-state index contributed by atoms with van der Waals surface area (Å²) in [7, 11) is 0. The number of carbonyl (C=O) groups excluding carboxylic acids is 1. The van der Waals surface area contributed by atoms with Gasteiger partial charge in [-0.05, 0) is 18.2 Å². The Bertz CT molecular complexity index is 330. The average Bonchev–Trinajstić information content (AvgIpc) is 2.24. The summed E-state index contributed by atoms with van der Waals surface area (Å²) in [6, 6.07) is 7.00. The Morgan fingerprint density at radius 1 is 1.53 bits per heavy atom. The molecule has 1 aromatic carbocycles. The quantitative estimate of drug-likeness (QED) is 0.736. The topological polar surface area (TPSA) is 58.6 Å². The van der Waals surface area contributed by atoms with Crippen molar-refractivity contribution >= 4 is 17.5 Å². The Morgan fingerprint density at radius 2 is 2.33 bits per heavy atom. The van der Waals surface area contributed by atoms with Crippen LogP contribution in [0.15, 0.2) is 24.3 Å². The van der Waals surface area contributed by atoms with Gasteiger partial charge in [0, 0.05) is 5.02 Å². The number of ether oxygens (including phenoxy) is 1. The van der Waals surface area contributed by atoms with E-state index in [1.54, 1.807) is 24.3 Å². The number of halogens is 1. The summed E-state index contributed by atoms with van der Waals surface area (Å²) in [6.07, 6.45) is 0. The van der Waals surface area contributed by atoms with E-state index in [0.717, 1.165) is 0 Å². The Morgan fingerprint density at radius 3 is 3.00 bits per heavy atom. The molecule has 2 N–H and O–H groups in total. The van der Waals surface area contributed by atoms with Crippen LogP contribution < -0.4 is 10.1 Å². The van der Waals surface area contributed by atoms with Crippen LogP contribution in [-0.4, -0.2) is 30.8 Å². The zero-order valence-corrected chi connectivity index (χ0v) is 8.83. The summed E-state index contributed by atoms with van der Waals surface area (Å²) in [5.41, 5.74) is 0. The van der Waals surface area contributed by atoms with Crippen molar-refractivity contribution in [3.63, 3.8) is 0 Å². The summed E-state index contributed by atoms with van der Waals surface area (Å²) in [5, 5.41) is 11.5. The molecule has 0 fully saturated rings. The lowest BCUT2D eigenvalue weighted by Crippen LogP contribution is -2.30. The maximum Gasteiger partial charge on any atom is 0.245 e. The monoisotopic (exact) mass is 229 g/mol. The second-order valence-electron chi connectivity index (χ2n) is 2.81. The van der Waals surface area contributed by atoms with Crippen molar-refractivity contribution in [2.45, 2.75) is 0 Å². The van der Waals surface area contributed by atoms with Crippen LogP contribution in [0, 0.1) is 0 Å². The summed E-state index contributed by atoms with van der Waals surface area (Å²) < 4.78 is 5.30. The molecule has 4 nitrogen and oxygen atoms in total. The summed E-state index contributed by atoms with van der Waals surface area (Å²) in [4.78, 5) is 10.6. The maximum atomic E-state index is 10.6. The normalized spacial score (nSPS) is 9.73. The molecule has 5 heteroatoms. The maximum absolute atomic E-state index is 10.6. The highest BCUT2D eigenvalue weighted by molar-refractivity contribution is 6.30. The van der Waals surface area contributed by atoms with Gasteiger partial charge in [-0.25, -0.2) is 0 Å². The van der Waals surface area contributed by atoms with E-state index >= 15 is 0 Å². The van der Waals surface area contributed by atoms with Crippen molar-refractivity contribution in [2.24, 2.45) is 0 Å². The molecular weight excluding hydrogens is 218 g/mol. The molecule has 1 amide bonds. The molecule has 15 heavy (non-hydrogen) atoms. The molecule has 0 aliphatic heterocycles. The molecule has 0 aliphatic rings. The molecule has 82 valence electrons. The highest BCUT2D eigenvalue weighted by atomic mass is 35.5. The van der Waals surface area contributed by atoms with Gasteiger partial charge in [0.2, 0.25) is 5.91 Å². The van der Waals surface area contributed by atoms with Gasteiger partial charge in [-0.15, -0.1) is 0 Å². The highest BCUT2D eigenvalue weighted by Crippen LogP contribution is 2.16. The van der Waals surface area contributed by atoms with Gasteiger partial charge in [-0.3, -0.25) is 4.79 Å². The van der Waals surface area contributed by atoms with Crippen LogP contribution in [0.3, 0.4) is 0 Å². The van der Waals surface area contributed by atoms with E-state index in [1.807, 2.05) is 0 Å². The van der Waals surface area contributed by atoms with Crippen LogP contribution in [0.4, 0.5) is 0 Å². The molecule has 0 bridgehead atoms. The van der Waals surface area contributed by atoms with Crippen LogP contribution in [0.25, 0.3) is 0 Å². The third-order valence-electron chi connectivity index (χ3n) is 1.63. The van der Waals surface area contributed by atoms with Crippen molar-refractivity contribution in [1.82, 2.24) is 5.32 Å². The lowest BCUT2D eigenvalue weighted by Gasteiger charge is -2.06. The zero-order chi connectivity index (χ0) is 11.1. The zero-order valence-electron chi connectivity index (χ0n) is 8.07. The standard InChI is InChI=1S/C10H12ClNO3/c11-8-2-1-3-9(6-8)15-5-4-12-10(14)7-13/h1-3,6,13H,4-5,7H2,(H,12,14). The Hall–Kier alpha value is -1.26. The Labute approximate surface area is 92.8 Å². The van der Waals surface area contributed by atoms with Crippen molar-refractivity contribution < 1.29 is 14.6 Å². The number of amides is 1. The number of benzene rings is 1. The number of hydrogen-bond donors (Lipinski definition) is 2. The molecule has 0 aliphatic carbocycles. The lowest BCUT2D eigenvalue weighted by molar-refractivity contribution is -0.123. The molecule has 0 heterocycles. The van der Waals surface area contributed by atoms with Gasteiger partial charge in [-0.2, -0.15) is 0 Å². The number of nitrogens with one attached hydrogen (secondary N) is 1. The first kappa shape index (κ1) is 11.8. The van der Waals surface area contributed by atoms with E-state index in [-0.39, 0.29) is 0 Å². The van der Waals surface area contributed by atoms with Crippen LogP contribution in [-0.2, 0) is 4.79 Å². The summed E-state index contributed by atoms with van der Waals surface area (Å²) >= 11 is 5.75.